The molecular weight excluding hydrogens is 392 g/mol. The van der Waals surface area contributed by atoms with Gasteiger partial charge in [-0.15, -0.1) is 11.8 Å². The lowest BCUT2D eigenvalue weighted by Crippen LogP contribution is -2.31. The number of anilines is 1. The molecule has 0 bridgehead atoms. The number of hydrogen-bond donors (Lipinski definition) is 1. The second-order valence-corrected chi connectivity index (χ2v) is 9.79. The smallest absolute Gasteiger partial charge is 0.243 e. The van der Waals surface area contributed by atoms with Crippen LogP contribution in [0.15, 0.2) is 59.5 Å². The molecule has 0 unspecified atom stereocenters. The number of carbonyl (C=O) groups is 1. The first-order valence-electron chi connectivity index (χ1n) is 9.57. The van der Waals surface area contributed by atoms with Crippen LogP contribution in [-0.4, -0.2) is 37.5 Å². The molecule has 0 radical (unpaired) electrons. The average Bonchev–Trinajstić information content (AvgIpc) is 2.99. The number of thioether (sulfide) groups is 1. The molecule has 5 nitrogen and oxygen atoms in total. The summed E-state index contributed by atoms with van der Waals surface area (Å²) in [5, 5.41) is 2.83. The summed E-state index contributed by atoms with van der Waals surface area (Å²) in [4.78, 5) is 12.4. The summed E-state index contributed by atoms with van der Waals surface area (Å²) in [6.07, 6.45) is 3.99. The Kier molecular flexibility index (Phi) is 7.53. The van der Waals surface area contributed by atoms with Gasteiger partial charge >= 0.3 is 0 Å². The van der Waals surface area contributed by atoms with E-state index in [1.807, 2.05) is 30.3 Å². The van der Waals surface area contributed by atoms with Gasteiger partial charge in [0.15, 0.2) is 0 Å². The SMILES string of the molecule is O=C(CSCc1ccccc1)Nc1ccc(S(=O)(=O)N2CCCCCC2)cc1. The van der Waals surface area contributed by atoms with Crippen molar-refractivity contribution in [2.45, 2.75) is 36.3 Å². The molecule has 1 aliphatic rings. The van der Waals surface area contributed by atoms with Crippen LogP contribution in [0.25, 0.3) is 0 Å². The molecule has 3 rings (SSSR count). The molecule has 150 valence electrons. The third kappa shape index (κ3) is 5.83. The molecule has 1 amide bonds. The van der Waals surface area contributed by atoms with Crippen molar-refractivity contribution in [3.63, 3.8) is 0 Å². The van der Waals surface area contributed by atoms with Gasteiger partial charge in [-0.1, -0.05) is 43.2 Å². The largest absolute Gasteiger partial charge is 0.325 e. The number of nitrogens with one attached hydrogen (secondary N) is 1. The lowest BCUT2D eigenvalue weighted by molar-refractivity contribution is -0.113. The van der Waals surface area contributed by atoms with Crippen molar-refractivity contribution in [3.05, 3.63) is 60.2 Å². The van der Waals surface area contributed by atoms with Crippen molar-refractivity contribution in [2.24, 2.45) is 0 Å². The van der Waals surface area contributed by atoms with Crippen molar-refractivity contribution >= 4 is 33.4 Å². The summed E-state index contributed by atoms with van der Waals surface area (Å²) in [7, 11) is -3.46. The second-order valence-electron chi connectivity index (χ2n) is 6.87. The van der Waals surface area contributed by atoms with Crippen molar-refractivity contribution in [3.8, 4) is 0 Å². The van der Waals surface area contributed by atoms with E-state index in [4.69, 9.17) is 0 Å². The van der Waals surface area contributed by atoms with Gasteiger partial charge < -0.3 is 5.32 Å². The number of benzene rings is 2. The Morgan fingerprint density at radius 2 is 1.57 bits per heavy atom. The zero-order chi connectivity index (χ0) is 19.8. The van der Waals surface area contributed by atoms with Crippen LogP contribution in [0.3, 0.4) is 0 Å². The normalized spacial score (nSPS) is 15.7. The van der Waals surface area contributed by atoms with Crippen molar-refractivity contribution in [1.29, 1.82) is 0 Å². The molecule has 1 fully saturated rings. The topological polar surface area (TPSA) is 66.5 Å². The molecule has 2 aromatic rings. The molecule has 1 heterocycles. The molecule has 7 heteroatoms. The number of carbonyl (C=O) groups excluding carboxylic acids is 1. The van der Waals surface area contributed by atoms with Gasteiger partial charge in [-0.25, -0.2) is 8.42 Å². The minimum Gasteiger partial charge on any atom is -0.325 e. The monoisotopic (exact) mass is 418 g/mol. The van der Waals surface area contributed by atoms with E-state index >= 15 is 0 Å². The van der Waals surface area contributed by atoms with Crippen LogP contribution in [0.5, 0.6) is 0 Å². The van der Waals surface area contributed by atoms with E-state index in [1.54, 1.807) is 40.3 Å². The van der Waals surface area contributed by atoms with E-state index in [9.17, 15) is 13.2 Å². The summed E-state index contributed by atoms with van der Waals surface area (Å²) >= 11 is 1.55. The summed E-state index contributed by atoms with van der Waals surface area (Å²) in [5.74, 6) is 1.04. The fraction of sp³-hybridized carbons (Fsp3) is 0.381. The fourth-order valence-corrected chi connectivity index (χ4v) is 5.48. The van der Waals surface area contributed by atoms with E-state index < -0.39 is 10.0 Å². The Labute approximate surface area is 171 Å². The van der Waals surface area contributed by atoms with E-state index in [1.165, 1.54) is 5.56 Å². The quantitative estimate of drug-likeness (QED) is 0.734. The van der Waals surface area contributed by atoms with Crippen LogP contribution in [0.1, 0.15) is 31.2 Å². The maximum absolute atomic E-state index is 12.8. The van der Waals surface area contributed by atoms with Gasteiger partial charge in [0.25, 0.3) is 0 Å². The molecule has 1 aliphatic heterocycles. The Balaban J connectivity index is 1.52. The van der Waals surface area contributed by atoms with Gasteiger partial charge in [0.05, 0.1) is 10.6 Å². The number of rotatable bonds is 7. The van der Waals surface area contributed by atoms with Crippen LogP contribution < -0.4 is 5.32 Å². The van der Waals surface area contributed by atoms with Crippen LogP contribution in [0, 0.1) is 0 Å². The Bertz CT molecular complexity index is 860. The minimum atomic E-state index is -3.46. The molecule has 1 saturated heterocycles. The van der Waals surface area contributed by atoms with Crippen LogP contribution in [-0.2, 0) is 20.6 Å². The summed E-state index contributed by atoms with van der Waals surface area (Å²) in [5.41, 5.74) is 1.79. The highest BCUT2D eigenvalue weighted by Gasteiger charge is 2.24. The highest BCUT2D eigenvalue weighted by atomic mass is 32.2. The highest BCUT2D eigenvalue weighted by Crippen LogP contribution is 2.22. The molecule has 0 saturated carbocycles. The maximum Gasteiger partial charge on any atom is 0.243 e. The lowest BCUT2D eigenvalue weighted by Gasteiger charge is -2.20. The van der Waals surface area contributed by atoms with Gasteiger partial charge in [0, 0.05) is 24.5 Å². The number of sulfonamides is 1. The van der Waals surface area contributed by atoms with Crippen molar-refractivity contribution < 1.29 is 13.2 Å². The Morgan fingerprint density at radius 3 is 2.21 bits per heavy atom. The van der Waals surface area contributed by atoms with Crippen LogP contribution in [0.4, 0.5) is 5.69 Å². The van der Waals surface area contributed by atoms with E-state index in [0.29, 0.717) is 24.5 Å². The van der Waals surface area contributed by atoms with Gasteiger partial charge in [-0.3, -0.25) is 4.79 Å². The standard InChI is InChI=1S/C21H26N2O3S2/c24-21(17-27-16-18-8-4-3-5-9-18)22-19-10-12-20(13-11-19)28(25,26)23-14-6-1-2-7-15-23/h3-5,8-13H,1-2,6-7,14-17H2,(H,22,24). The molecular formula is C21H26N2O3S2. The molecule has 2 aromatic carbocycles. The second kappa shape index (κ2) is 10.1. The summed E-state index contributed by atoms with van der Waals surface area (Å²) in [6, 6.07) is 16.5. The molecule has 0 aliphatic carbocycles. The molecule has 0 atom stereocenters. The molecule has 0 spiro atoms. The van der Waals surface area contributed by atoms with Gasteiger partial charge in [0.1, 0.15) is 0 Å². The predicted molar refractivity (Wildman–Crippen MR) is 115 cm³/mol. The summed E-state index contributed by atoms with van der Waals surface area (Å²) < 4.78 is 27.1. The summed E-state index contributed by atoms with van der Waals surface area (Å²) in [6.45, 7) is 1.17. The van der Waals surface area contributed by atoms with Crippen molar-refractivity contribution in [1.82, 2.24) is 4.31 Å². The van der Waals surface area contributed by atoms with Gasteiger partial charge in [-0.05, 0) is 42.7 Å². The molecule has 1 N–H and O–H groups in total. The first-order chi connectivity index (χ1) is 13.6. The molecule has 28 heavy (non-hydrogen) atoms. The van der Waals surface area contributed by atoms with Crippen LogP contribution in [0.2, 0.25) is 0 Å². The van der Waals surface area contributed by atoms with Gasteiger partial charge in [-0.2, -0.15) is 4.31 Å². The van der Waals surface area contributed by atoms with Crippen molar-refractivity contribution in [2.75, 3.05) is 24.2 Å². The number of amides is 1. The molecule has 0 aromatic heterocycles. The maximum atomic E-state index is 12.8. The zero-order valence-corrected chi connectivity index (χ0v) is 17.5. The first kappa shape index (κ1) is 20.9. The van der Waals surface area contributed by atoms with E-state index in [2.05, 4.69) is 5.32 Å². The number of hydrogen-bond acceptors (Lipinski definition) is 4. The highest BCUT2D eigenvalue weighted by molar-refractivity contribution is 7.99. The Hall–Kier alpha value is -1.83. The minimum absolute atomic E-state index is 0.0935. The Morgan fingerprint density at radius 1 is 0.929 bits per heavy atom. The third-order valence-corrected chi connectivity index (χ3v) is 7.60. The third-order valence-electron chi connectivity index (χ3n) is 4.69. The number of nitrogens with zero attached hydrogens (tertiary/aromatic N) is 1. The zero-order valence-electron chi connectivity index (χ0n) is 15.8. The lowest BCUT2D eigenvalue weighted by atomic mass is 10.2. The predicted octanol–water partition coefficient (Wildman–Crippen LogP) is 4.12. The van der Waals surface area contributed by atoms with E-state index in [-0.39, 0.29) is 10.8 Å². The fourth-order valence-electron chi connectivity index (χ4n) is 3.17. The van der Waals surface area contributed by atoms with E-state index in [0.717, 1.165) is 31.4 Å². The van der Waals surface area contributed by atoms with Crippen LogP contribution >= 0.6 is 11.8 Å². The van der Waals surface area contributed by atoms with Gasteiger partial charge in [0.2, 0.25) is 15.9 Å². The average molecular weight is 419 g/mol. The first-order valence-corrected chi connectivity index (χ1v) is 12.2.